The van der Waals surface area contributed by atoms with Gasteiger partial charge in [0.05, 0.1) is 5.39 Å². The van der Waals surface area contributed by atoms with Crippen LogP contribution in [0.25, 0.3) is 10.2 Å². The van der Waals surface area contributed by atoms with Gasteiger partial charge in [0.25, 0.3) is 5.56 Å². The molecule has 5 heteroatoms. The van der Waals surface area contributed by atoms with E-state index in [0.717, 1.165) is 53.4 Å². The molecule has 1 aliphatic rings. The lowest BCUT2D eigenvalue weighted by molar-refractivity contribution is 0.558. The largest absolute Gasteiger partial charge is 0.287 e. The van der Waals surface area contributed by atoms with Gasteiger partial charge in [-0.15, -0.1) is 17.9 Å². The molecular formula is C16H20N2OS2. The van der Waals surface area contributed by atoms with Gasteiger partial charge in [0.15, 0.2) is 5.16 Å². The second kappa shape index (κ2) is 6.36. The topological polar surface area (TPSA) is 34.9 Å². The van der Waals surface area contributed by atoms with E-state index in [1.54, 1.807) is 23.1 Å². The fourth-order valence-electron chi connectivity index (χ4n) is 2.82. The molecule has 0 N–H and O–H groups in total. The summed E-state index contributed by atoms with van der Waals surface area (Å²) in [5, 5.41) is 1.74. The van der Waals surface area contributed by atoms with Gasteiger partial charge in [0.2, 0.25) is 0 Å². The van der Waals surface area contributed by atoms with Crippen molar-refractivity contribution in [2.75, 3.05) is 5.75 Å². The number of fused-ring (bicyclic) bond motifs is 3. The number of thioether (sulfide) groups is 1. The van der Waals surface area contributed by atoms with Gasteiger partial charge in [-0.3, -0.25) is 9.36 Å². The van der Waals surface area contributed by atoms with E-state index < -0.39 is 0 Å². The molecule has 0 fully saturated rings. The van der Waals surface area contributed by atoms with E-state index in [0.29, 0.717) is 0 Å². The number of unbranched alkanes of at least 4 members (excludes halogenated alkanes) is 1. The third-order valence-corrected chi connectivity index (χ3v) is 6.01. The van der Waals surface area contributed by atoms with Crippen molar-refractivity contribution < 1.29 is 0 Å². The Balaban J connectivity index is 2.15. The van der Waals surface area contributed by atoms with Gasteiger partial charge in [-0.2, -0.15) is 0 Å². The second-order valence-electron chi connectivity index (χ2n) is 5.34. The Labute approximate surface area is 133 Å². The summed E-state index contributed by atoms with van der Waals surface area (Å²) in [5.74, 6) is 0.787. The highest BCUT2D eigenvalue weighted by Crippen LogP contribution is 2.35. The lowest BCUT2D eigenvalue weighted by Crippen LogP contribution is -2.23. The zero-order chi connectivity index (χ0) is 14.8. The highest BCUT2D eigenvalue weighted by molar-refractivity contribution is 7.99. The van der Waals surface area contributed by atoms with Crippen molar-refractivity contribution in [2.45, 2.75) is 50.7 Å². The van der Waals surface area contributed by atoms with Crippen LogP contribution in [0.3, 0.4) is 0 Å². The first-order valence-electron chi connectivity index (χ1n) is 7.55. The van der Waals surface area contributed by atoms with Crippen molar-refractivity contribution in [2.24, 2.45) is 0 Å². The molecule has 1 aliphatic carbocycles. The molecule has 0 unspecified atom stereocenters. The quantitative estimate of drug-likeness (QED) is 0.458. The number of hydrogen-bond acceptors (Lipinski definition) is 4. The Hall–Kier alpha value is -1.07. The normalized spacial score (nSPS) is 13.8. The first-order chi connectivity index (χ1) is 10.3. The first-order valence-corrected chi connectivity index (χ1v) is 9.35. The lowest BCUT2D eigenvalue weighted by Gasteiger charge is -2.11. The third kappa shape index (κ3) is 2.69. The predicted octanol–water partition coefficient (Wildman–Crippen LogP) is 4.02. The van der Waals surface area contributed by atoms with Crippen LogP contribution in [0.5, 0.6) is 0 Å². The number of thiophene rings is 1. The average Bonchev–Trinajstić information content (AvgIpc) is 3.04. The van der Waals surface area contributed by atoms with Crippen LogP contribution in [-0.4, -0.2) is 15.3 Å². The lowest BCUT2D eigenvalue weighted by atomic mass is 10.2. The van der Waals surface area contributed by atoms with Crippen LogP contribution in [0.4, 0.5) is 0 Å². The van der Waals surface area contributed by atoms with Gasteiger partial charge in [-0.25, -0.2) is 4.98 Å². The standard InChI is InChI=1S/C16H20N2OS2/c1-3-5-9-18-15(19)13-11-7-6-8-12(11)21-14(13)17-16(18)20-10-4-2/h4H,2-3,5-10H2,1H3. The Morgan fingerprint density at radius 1 is 1.48 bits per heavy atom. The predicted molar refractivity (Wildman–Crippen MR) is 91.7 cm³/mol. The molecule has 21 heavy (non-hydrogen) atoms. The number of rotatable bonds is 6. The zero-order valence-corrected chi connectivity index (χ0v) is 14.0. The summed E-state index contributed by atoms with van der Waals surface area (Å²) < 4.78 is 1.88. The average molecular weight is 320 g/mol. The zero-order valence-electron chi connectivity index (χ0n) is 12.4. The summed E-state index contributed by atoms with van der Waals surface area (Å²) >= 11 is 3.32. The SMILES string of the molecule is C=CCSc1nc2sc3c(c2c(=O)n1CCCC)CCC3. The van der Waals surface area contributed by atoms with Crippen LogP contribution < -0.4 is 5.56 Å². The summed E-state index contributed by atoms with van der Waals surface area (Å²) in [6, 6.07) is 0. The molecule has 0 radical (unpaired) electrons. The van der Waals surface area contributed by atoms with Gasteiger partial charge in [0, 0.05) is 17.2 Å². The monoisotopic (exact) mass is 320 g/mol. The molecule has 0 aromatic carbocycles. The van der Waals surface area contributed by atoms with Gasteiger partial charge < -0.3 is 0 Å². The van der Waals surface area contributed by atoms with Crippen molar-refractivity contribution in [3.05, 3.63) is 33.4 Å². The summed E-state index contributed by atoms with van der Waals surface area (Å²) in [5.41, 5.74) is 1.44. The number of aromatic nitrogens is 2. The molecule has 0 atom stereocenters. The minimum absolute atomic E-state index is 0.166. The minimum Gasteiger partial charge on any atom is -0.287 e. The van der Waals surface area contributed by atoms with Crippen molar-refractivity contribution >= 4 is 33.3 Å². The molecule has 3 rings (SSSR count). The summed E-state index contributed by atoms with van der Waals surface area (Å²) in [7, 11) is 0. The van der Waals surface area contributed by atoms with Crippen LogP contribution in [0, 0.1) is 0 Å². The van der Waals surface area contributed by atoms with E-state index in [2.05, 4.69) is 13.5 Å². The van der Waals surface area contributed by atoms with Gasteiger partial charge in [-0.05, 0) is 31.2 Å². The Bertz CT molecular complexity index is 730. The second-order valence-corrected chi connectivity index (χ2v) is 7.41. The maximum Gasteiger partial charge on any atom is 0.263 e. The van der Waals surface area contributed by atoms with Crippen LogP contribution in [0.1, 0.15) is 36.6 Å². The first kappa shape index (κ1) is 14.9. The summed E-state index contributed by atoms with van der Waals surface area (Å²) in [6.07, 6.45) is 7.29. The molecule has 0 bridgehead atoms. The molecule has 0 saturated heterocycles. The number of nitrogens with zero attached hydrogens (tertiary/aromatic N) is 2. The molecule has 112 valence electrons. The molecular weight excluding hydrogens is 300 g/mol. The van der Waals surface area contributed by atoms with Crippen LogP contribution >= 0.6 is 23.1 Å². The Kier molecular flexibility index (Phi) is 4.50. The molecule has 0 spiro atoms. The van der Waals surface area contributed by atoms with E-state index in [9.17, 15) is 4.79 Å². The number of hydrogen-bond donors (Lipinski definition) is 0. The molecule has 0 amide bonds. The van der Waals surface area contributed by atoms with Crippen molar-refractivity contribution in [3.8, 4) is 0 Å². The van der Waals surface area contributed by atoms with E-state index in [-0.39, 0.29) is 5.56 Å². The summed E-state index contributed by atoms with van der Waals surface area (Å²) in [6.45, 7) is 6.67. The fourth-order valence-corrected chi connectivity index (χ4v) is 4.88. The highest BCUT2D eigenvalue weighted by atomic mass is 32.2. The molecule has 0 saturated carbocycles. The molecule has 2 aromatic rings. The Morgan fingerprint density at radius 2 is 2.33 bits per heavy atom. The van der Waals surface area contributed by atoms with Crippen LogP contribution in [0.15, 0.2) is 22.6 Å². The smallest absolute Gasteiger partial charge is 0.263 e. The molecule has 0 aliphatic heterocycles. The van der Waals surface area contributed by atoms with Gasteiger partial charge in [0.1, 0.15) is 4.83 Å². The Morgan fingerprint density at radius 3 is 3.10 bits per heavy atom. The van der Waals surface area contributed by atoms with Gasteiger partial charge >= 0.3 is 0 Å². The van der Waals surface area contributed by atoms with Crippen LogP contribution in [0.2, 0.25) is 0 Å². The maximum absolute atomic E-state index is 12.9. The van der Waals surface area contributed by atoms with E-state index in [4.69, 9.17) is 4.98 Å². The van der Waals surface area contributed by atoms with E-state index in [1.165, 1.54) is 16.9 Å². The summed E-state index contributed by atoms with van der Waals surface area (Å²) in [4.78, 5) is 20.0. The fraction of sp³-hybridized carbons (Fsp3) is 0.500. The van der Waals surface area contributed by atoms with Crippen molar-refractivity contribution in [3.63, 3.8) is 0 Å². The van der Waals surface area contributed by atoms with Gasteiger partial charge in [-0.1, -0.05) is 31.2 Å². The maximum atomic E-state index is 12.9. The van der Waals surface area contributed by atoms with Crippen LogP contribution in [-0.2, 0) is 19.4 Å². The van der Waals surface area contributed by atoms with Crippen molar-refractivity contribution in [1.82, 2.24) is 9.55 Å². The molecule has 2 heterocycles. The van der Waals surface area contributed by atoms with Crippen molar-refractivity contribution in [1.29, 1.82) is 0 Å². The molecule has 3 nitrogen and oxygen atoms in total. The highest BCUT2D eigenvalue weighted by Gasteiger charge is 2.22. The minimum atomic E-state index is 0.166. The van der Waals surface area contributed by atoms with E-state index in [1.807, 2.05) is 10.6 Å². The molecule has 2 aromatic heterocycles. The van der Waals surface area contributed by atoms with E-state index >= 15 is 0 Å². The third-order valence-electron chi connectivity index (χ3n) is 3.86. The number of aryl methyl sites for hydroxylation is 2.